The number of rotatable bonds is 4. The Bertz CT molecular complexity index is 1340. The third-order valence-electron chi connectivity index (χ3n) is 6.61. The number of pyridine rings is 2. The number of nitriles is 1. The molecule has 3 atom stereocenters. The molecular formula is C23H23ClIN7O2. The van der Waals surface area contributed by atoms with Crippen LogP contribution in [0.25, 0.3) is 11.0 Å². The quantitative estimate of drug-likeness (QED) is 0.258. The third kappa shape index (κ3) is 4.05. The number of halogens is 2. The predicted octanol–water partition coefficient (Wildman–Crippen LogP) is 3.51. The van der Waals surface area contributed by atoms with E-state index >= 15 is 0 Å². The molecule has 2 aliphatic rings. The van der Waals surface area contributed by atoms with E-state index in [0.717, 1.165) is 25.9 Å². The van der Waals surface area contributed by atoms with E-state index in [2.05, 4.69) is 53.4 Å². The zero-order valence-electron chi connectivity index (χ0n) is 18.8. The molecule has 176 valence electrons. The SMILES string of the molecule is CC(I)Oc1cnc(N2CC[C@@H]3CN(c4c(C#N)c(=O)n(C)c5ccc(Cl)nc45)CC[C@@H]32)nc1. The Balaban J connectivity index is 1.44. The zero-order chi connectivity index (χ0) is 24.0. The first kappa shape index (κ1) is 23.1. The number of anilines is 2. The van der Waals surface area contributed by atoms with Crippen LogP contribution < -0.4 is 20.1 Å². The molecule has 0 N–H and O–H groups in total. The second-order valence-electron chi connectivity index (χ2n) is 8.63. The number of hydrogen-bond donors (Lipinski definition) is 0. The van der Waals surface area contributed by atoms with Crippen LogP contribution in [0.3, 0.4) is 0 Å². The van der Waals surface area contributed by atoms with Crippen molar-refractivity contribution in [3.63, 3.8) is 0 Å². The van der Waals surface area contributed by atoms with Gasteiger partial charge in [-0.1, -0.05) is 11.6 Å². The van der Waals surface area contributed by atoms with Gasteiger partial charge in [0.1, 0.15) is 26.4 Å². The minimum absolute atomic E-state index is 0.0427. The Labute approximate surface area is 215 Å². The first-order valence-corrected chi connectivity index (χ1v) is 12.7. The monoisotopic (exact) mass is 591 g/mol. The van der Waals surface area contributed by atoms with E-state index in [0.29, 0.717) is 52.1 Å². The Kier molecular flexibility index (Phi) is 6.24. The Morgan fingerprint density at radius 2 is 2.03 bits per heavy atom. The van der Waals surface area contributed by atoms with Gasteiger partial charge in [-0.25, -0.2) is 15.0 Å². The van der Waals surface area contributed by atoms with Crippen LogP contribution in [0, 0.1) is 17.2 Å². The molecule has 0 aliphatic carbocycles. The van der Waals surface area contributed by atoms with Crippen LogP contribution in [-0.2, 0) is 7.05 Å². The second kappa shape index (κ2) is 9.19. The number of piperidine rings is 1. The van der Waals surface area contributed by atoms with E-state index in [-0.39, 0.29) is 15.2 Å². The molecule has 3 aromatic heterocycles. The van der Waals surface area contributed by atoms with Crippen LogP contribution >= 0.6 is 34.2 Å². The van der Waals surface area contributed by atoms with Crippen molar-refractivity contribution in [3.8, 4) is 11.8 Å². The van der Waals surface area contributed by atoms with Gasteiger partial charge in [-0.3, -0.25) is 4.79 Å². The van der Waals surface area contributed by atoms with Crippen LogP contribution in [0.15, 0.2) is 29.3 Å². The van der Waals surface area contributed by atoms with Gasteiger partial charge in [0.25, 0.3) is 5.56 Å². The fraction of sp³-hybridized carbons (Fsp3) is 0.435. The van der Waals surface area contributed by atoms with Crippen molar-refractivity contribution in [2.45, 2.75) is 29.9 Å². The molecule has 1 unspecified atom stereocenters. The first-order chi connectivity index (χ1) is 16.4. The van der Waals surface area contributed by atoms with E-state index in [1.165, 1.54) is 4.57 Å². The molecule has 2 fully saturated rings. The van der Waals surface area contributed by atoms with Gasteiger partial charge < -0.3 is 19.1 Å². The summed E-state index contributed by atoms with van der Waals surface area (Å²) in [4.78, 5) is 30.9. The molecule has 2 aliphatic heterocycles. The Hall–Kier alpha value is -2.65. The highest BCUT2D eigenvalue weighted by Gasteiger charge is 2.40. The van der Waals surface area contributed by atoms with Gasteiger partial charge in [-0.05, 0) is 60.4 Å². The average molecular weight is 592 g/mol. The predicted molar refractivity (Wildman–Crippen MR) is 139 cm³/mol. The number of nitrogens with zero attached hydrogens (tertiary/aromatic N) is 7. The number of aryl methyl sites for hydroxylation is 1. The van der Waals surface area contributed by atoms with E-state index in [9.17, 15) is 10.1 Å². The molecule has 0 spiro atoms. The van der Waals surface area contributed by atoms with Gasteiger partial charge in [0.05, 0.1) is 23.6 Å². The number of fused-ring (bicyclic) bond motifs is 2. The molecule has 0 radical (unpaired) electrons. The fourth-order valence-corrected chi connectivity index (χ4v) is 5.56. The summed E-state index contributed by atoms with van der Waals surface area (Å²) in [6.45, 7) is 4.23. The molecule has 9 nitrogen and oxygen atoms in total. The third-order valence-corrected chi connectivity index (χ3v) is 7.08. The summed E-state index contributed by atoms with van der Waals surface area (Å²) in [5, 5.41) is 10.2. The van der Waals surface area contributed by atoms with Crippen molar-refractivity contribution in [2.24, 2.45) is 13.0 Å². The molecule has 5 heterocycles. The van der Waals surface area contributed by atoms with Gasteiger partial charge in [0.15, 0.2) is 5.75 Å². The molecule has 0 amide bonds. The maximum atomic E-state index is 12.9. The van der Waals surface area contributed by atoms with Gasteiger partial charge in [-0.2, -0.15) is 5.26 Å². The van der Waals surface area contributed by atoms with Crippen molar-refractivity contribution < 1.29 is 4.74 Å². The average Bonchev–Trinajstić information content (AvgIpc) is 3.24. The summed E-state index contributed by atoms with van der Waals surface area (Å²) >= 11 is 8.40. The molecule has 3 aromatic rings. The maximum Gasteiger partial charge on any atom is 0.270 e. The molecule has 0 aromatic carbocycles. The van der Waals surface area contributed by atoms with Gasteiger partial charge >= 0.3 is 0 Å². The summed E-state index contributed by atoms with van der Waals surface area (Å²) in [5.74, 6) is 1.72. The number of alkyl halides is 1. The van der Waals surface area contributed by atoms with Gasteiger partial charge in [-0.15, -0.1) is 0 Å². The second-order valence-corrected chi connectivity index (χ2v) is 10.8. The van der Waals surface area contributed by atoms with Crippen LogP contribution in [0.1, 0.15) is 25.3 Å². The van der Waals surface area contributed by atoms with Crippen molar-refractivity contribution in [1.82, 2.24) is 19.5 Å². The molecule has 34 heavy (non-hydrogen) atoms. The summed E-state index contributed by atoms with van der Waals surface area (Å²) in [7, 11) is 1.66. The van der Waals surface area contributed by atoms with Crippen LogP contribution in [-0.4, -0.2) is 49.3 Å². The van der Waals surface area contributed by atoms with Crippen molar-refractivity contribution in [1.29, 1.82) is 5.26 Å². The number of ether oxygens (including phenoxy) is 1. The van der Waals surface area contributed by atoms with Crippen LogP contribution in [0.2, 0.25) is 5.15 Å². The van der Waals surface area contributed by atoms with Gasteiger partial charge in [0, 0.05) is 32.7 Å². The highest BCUT2D eigenvalue weighted by atomic mass is 127. The van der Waals surface area contributed by atoms with E-state index in [4.69, 9.17) is 16.3 Å². The highest BCUT2D eigenvalue weighted by molar-refractivity contribution is 14.1. The smallest absolute Gasteiger partial charge is 0.270 e. The van der Waals surface area contributed by atoms with Crippen molar-refractivity contribution in [3.05, 3.63) is 45.6 Å². The van der Waals surface area contributed by atoms with Crippen molar-refractivity contribution in [2.75, 3.05) is 29.4 Å². The number of hydrogen-bond acceptors (Lipinski definition) is 8. The lowest BCUT2D eigenvalue weighted by atomic mass is 9.92. The fourth-order valence-electron chi connectivity index (χ4n) is 5.12. The van der Waals surface area contributed by atoms with E-state index < -0.39 is 0 Å². The first-order valence-electron chi connectivity index (χ1n) is 11.1. The van der Waals surface area contributed by atoms with Crippen LogP contribution in [0.5, 0.6) is 5.75 Å². The molecule has 5 rings (SSSR count). The minimum atomic E-state index is -0.319. The minimum Gasteiger partial charge on any atom is -0.477 e. The lowest BCUT2D eigenvalue weighted by molar-refractivity contribution is 0.319. The molecule has 0 bridgehead atoms. The summed E-state index contributed by atoms with van der Waals surface area (Å²) < 4.78 is 7.16. The lowest BCUT2D eigenvalue weighted by Crippen LogP contribution is -2.47. The molecule has 2 saturated heterocycles. The maximum absolute atomic E-state index is 12.9. The Morgan fingerprint density at radius 1 is 1.26 bits per heavy atom. The van der Waals surface area contributed by atoms with Crippen molar-refractivity contribution >= 4 is 56.9 Å². The zero-order valence-corrected chi connectivity index (χ0v) is 21.7. The summed E-state index contributed by atoms with van der Waals surface area (Å²) in [6, 6.07) is 5.87. The largest absolute Gasteiger partial charge is 0.477 e. The highest BCUT2D eigenvalue weighted by Crippen LogP contribution is 2.38. The van der Waals surface area contributed by atoms with Gasteiger partial charge in [0.2, 0.25) is 5.95 Å². The summed E-state index contributed by atoms with van der Waals surface area (Å²) in [5.41, 5.74) is 1.63. The number of aromatic nitrogens is 4. The topological polar surface area (TPSA) is 100 Å². The molecule has 11 heteroatoms. The normalized spacial score (nSPS) is 20.8. The summed E-state index contributed by atoms with van der Waals surface area (Å²) in [6.07, 6.45) is 5.28. The Morgan fingerprint density at radius 3 is 2.74 bits per heavy atom. The lowest BCUT2D eigenvalue weighted by Gasteiger charge is -2.39. The van der Waals surface area contributed by atoms with Crippen LogP contribution in [0.4, 0.5) is 11.6 Å². The van der Waals surface area contributed by atoms with E-state index in [1.807, 2.05) is 6.92 Å². The van der Waals surface area contributed by atoms with E-state index in [1.54, 1.807) is 31.6 Å². The standard InChI is InChI=1S/C23H23ClIN7O2/c1-13(25)34-15-10-27-23(28-11-15)32-8-5-14-12-31(7-6-17(14)32)21-16(9-26)22(33)30(2)18-3-4-19(24)29-20(18)21/h3-4,10-11,13-14,17H,5-8,12H2,1-2H3/t13?,14-,17+/m1/s1. The molecular weight excluding hydrogens is 569 g/mol. The molecule has 0 saturated carbocycles.